The number of anilines is 1. The van der Waals surface area contributed by atoms with E-state index in [2.05, 4.69) is 5.32 Å². The van der Waals surface area contributed by atoms with E-state index in [-0.39, 0.29) is 16.5 Å². The molecule has 1 radical (unpaired) electrons. The fourth-order valence-electron chi connectivity index (χ4n) is 2.01. The van der Waals surface area contributed by atoms with Crippen molar-refractivity contribution in [2.75, 3.05) is 5.32 Å². The summed E-state index contributed by atoms with van der Waals surface area (Å²) in [4.78, 5) is 9.80. The van der Waals surface area contributed by atoms with Crippen LogP contribution in [0.1, 0.15) is 6.92 Å². The summed E-state index contributed by atoms with van der Waals surface area (Å²) < 4.78 is 63.0. The molecule has 0 fully saturated rings. The monoisotopic (exact) mass is 360 g/mol. The Morgan fingerprint density at radius 1 is 0.957 bits per heavy atom. The van der Waals surface area contributed by atoms with E-state index in [1.54, 1.807) is 0 Å². The van der Waals surface area contributed by atoms with Crippen LogP contribution in [0.3, 0.4) is 0 Å². The molecule has 0 aliphatic heterocycles. The molecular weight excluding hydrogens is 350 g/mol. The average molecular weight is 360 g/mol. The van der Waals surface area contributed by atoms with E-state index in [1.807, 2.05) is 0 Å². The zero-order valence-corrected chi connectivity index (χ0v) is 13.1. The highest BCUT2D eigenvalue weighted by molar-refractivity contribution is 7.86. The van der Waals surface area contributed by atoms with Gasteiger partial charge in [0.15, 0.2) is 5.75 Å². The van der Waals surface area contributed by atoms with Gasteiger partial charge in [-0.25, -0.2) is 0 Å². The van der Waals surface area contributed by atoms with Crippen molar-refractivity contribution in [2.24, 2.45) is 0 Å². The summed E-state index contributed by atoms with van der Waals surface area (Å²) in [7, 11) is -9.38. The molecule has 0 aromatic heterocycles. The van der Waals surface area contributed by atoms with Crippen LogP contribution in [0.25, 0.3) is 10.8 Å². The van der Waals surface area contributed by atoms with Gasteiger partial charge < -0.3 is 5.32 Å². The van der Waals surface area contributed by atoms with Gasteiger partial charge in [-0.3, -0.25) is 19.0 Å². The molecule has 1 amide bonds. The largest absolute Gasteiger partial charge is 0.326 e. The molecule has 23 heavy (non-hydrogen) atoms. The van der Waals surface area contributed by atoms with Gasteiger partial charge in [0.2, 0.25) is 5.91 Å². The van der Waals surface area contributed by atoms with Gasteiger partial charge in [-0.1, -0.05) is 0 Å². The van der Waals surface area contributed by atoms with Gasteiger partial charge in [-0.2, -0.15) is 16.8 Å². The number of fused-ring (bicyclic) bond motifs is 1. The Hall–Kier alpha value is -2.21. The number of rotatable bonds is 3. The minimum absolute atomic E-state index is 0.167. The number of carbonyl (C=O) groups excluding carboxylic acids is 1. The lowest BCUT2D eigenvalue weighted by atomic mass is 10.1. The number of benzene rings is 2. The molecular formula is C12H10NO8S2. The fraction of sp³-hybridized carbons (Fsp3) is 0.0833. The van der Waals surface area contributed by atoms with E-state index in [0.717, 1.165) is 25.1 Å². The molecule has 123 valence electrons. The molecule has 0 heterocycles. The van der Waals surface area contributed by atoms with Crippen LogP contribution in [-0.4, -0.2) is 31.8 Å². The maximum absolute atomic E-state index is 12.1. The van der Waals surface area contributed by atoms with Crippen LogP contribution in [-0.2, 0) is 30.1 Å². The van der Waals surface area contributed by atoms with Crippen LogP contribution in [0.5, 0.6) is 5.75 Å². The minimum Gasteiger partial charge on any atom is -0.326 e. The van der Waals surface area contributed by atoms with E-state index in [0.29, 0.717) is 6.07 Å². The van der Waals surface area contributed by atoms with Crippen LogP contribution < -0.4 is 5.32 Å². The third-order valence-electron chi connectivity index (χ3n) is 2.87. The quantitative estimate of drug-likeness (QED) is 0.698. The standard InChI is InChI=1S/C12H10NO8S2/c1-6(14)13-10-4-8(22(16,17)18)2-7-3-9(23(19,20)21)5-11(15)12(7)10/h2-5H,1H3,(H,13,14)(H,16,17,18)(H,19,20,21). The van der Waals surface area contributed by atoms with E-state index in [4.69, 9.17) is 9.11 Å². The SMILES string of the molecule is CC(=O)Nc1cc(S(=O)(=O)O)cc2cc(S(=O)(=O)O)cc([O])c12. The van der Waals surface area contributed by atoms with Crippen LogP contribution in [0, 0.1) is 0 Å². The summed E-state index contributed by atoms with van der Waals surface area (Å²) in [6, 6.07) is 3.21. The molecule has 0 aliphatic carbocycles. The van der Waals surface area contributed by atoms with Crippen molar-refractivity contribution in [3.63, 3.8) is 0 Å². The van der Waals surface area contributed by atoms with Crippen LogP contribution in [0.4, 0.5) is 5.69 Å². The summed E-state index contributed by atoms with van der Waals surface area (Å²) in [6.45, 7) is 1.11. The molecule has 0 aliphatic rings. The molecule has 9 nitrogen and oxygen atoms in total. The fourth-order valence-corrected chi connectivity index (χ4v) is 3.08. The highest BCUT2D eigenvalue weighted by Gasteiger charge is 2.20. The molecule has 11 heteroatoms. The van der Waals surface area contributed by atoms with Gasteiger partial charge in [0.1, 0.15) is 0 Å². The van der Waals surface area contributed by atoms with Crippen molar-refractivity contribution >= 4 is 42.6 Å². The zero-order chi connectivity index (χ0) is 17.6. The maximum Gasteiger partial charge on any atom is 0.294 e. The molecule has 0 saturated heterocycles. The third kappa shape index (κ3) is 3.59. The first-order chi connectivity index (χ1) is 10.4. The minimum atomic E-state index is -4.70. The predicted molar refractivity (Wildman–Crippen MR) is 78.0 cm³/mol. The molecule has 0 atom stereocenters. The lowest BCUT2D eigenvalue weighted by Gasteiger charge is -2.11. The number of nitrogens with one attached hydrogen (secondary N) is 1. The summed E-state index contributed by atoms with van der Waals surface area (Å²) in [5, 5.41) is 13.9. The molecule has 2 aromatic rings. The van der Waals surface area contributed by atoms with Gasteiger partial charge in [-0.15, -0.1) is 0 Å². The number of hydrogen-bond acceptors (Lipinski definition) is 5. The Morgan fingerprint density at radius 3 is 1.87 bits per heavy atom. The second-order valence-corrected chi connectivity index (χ2v) is 7.46. The highest BCUT2D eigenvalue weighted by atomic mass is 32.2. The first-order valence-electron chi connectivity index (χ1n) is 5.91. The Balaban J connectivity index is 2.95. The Morgan fingerprint density at radius 2 is 1.43 bits per heavy atom. The first kappa shape index (κ1) is 17.1. The number of carbonyl (C=O) groups is 1. The molecule has 0 saturated carbocycles. The van der Waals surface area contributed by atoms with Crippen molar-refractivity contribution in [2.45, 2.75) is 16.7 Å². The topological polar surface area (TPSA) is 158 Å². The molecule has 0 spiro atoms. The smallest absolute Gasteiger partial charge is 0.294 e. The van der Waals surface area contributed by atoms with Crippen LogP contribution in [0.2, 0.25) is 0 Å². The first-order valence-corrected chi connectivity index (χ1v) is 8.79. The van der Waals surface area contributed by atoms with Crippen LogP contribution in [0.15, 0.2) is 34.1 Å². The maximum atomic E-state index is 12.1. The summed E-state index contributed by atoms with van der Waals surface area (Å²) >= 11 is 0. The van der Waals surface area contributed by atoms with Crippen molar-refractivity contribution < 1.29 is 35.8 Å². The molecule has 0 bridgehead atoms. The normalized spacial score (nSPS) is 12.3. The van der Waals surface area contributed by atoms with Crippen molar-refractivity contribution in [1.82, 2.24) is 0 Å². The lowest BCUT2D eigenvalue weighted by Crippen LogP contribution is -2.08. The highest BCUT2D eigenvalue weighted by Crippen LogP contribution is 2.36. The van der Waals surface area contributed by atoms with Gasteiger partial charge >= 0.3 is 0 Å². The van der Waals surface area contributed by atoms with Crippen LogP contribution >= 0.6 is 0 Å². The Labute approximate surface area is 131 Å². The Bertz CT molecular complexity index is 1020. The van der Waals surface area contributed by atoms with E-state index < -0.39 is 41.7 Å². The molecule has 2 rings (SSSR count). The predicted octanol–water partition coefficient (Wildman–Crippen LogP) is 1.44. The van der Waals surface area contributed by atoms with Crippen molar-refractivity contribution in [3.8, 4) is 5.75 Å². The Kier molecular flexibility index (Phi) is 4.07. The summed E-state index contributed by atoms with van der Waals surface area (Å²) in [6.07, 6.45) is 0. The second kappa shape index (κ2) is 5.45. The molecule has 0 unspecified atom stereocenters. The number of amides is 1. The van der Waals surface area contributed by atoms with Gasteiger partial charge in [-0.05, 0) is 23.6 Å². The van der Waals surface area contributed by atoms with E-state index in [9.17, 15) is 26.7 Å². The second-order valence-electron chi connectivity index (χ2n) is 4.62. The molecule has 2 aromatic carbocycles. The van der Waals surface area contributed by atoms with Crippen molar-refractivity contribution in [1.29, 1.82) is 0 Å². The molecule has 3 N–H and O–H groups in total. The third-order valence-corrected chi connectivity index (χ3v) is 4.53. The van der Waals surface area contributed by atoms with E-state index >= 15 is 0 Å². The number of hydrogen-bond donors (Lipinski definition) is 3. The van der Waals surface area contributed by atoms with Gasteiger partial charge in [0, 0.05) is 13.0 Å². The zero-order valence-electron chi connectivity index (χ0n) is 11.5. The summed E-state index contributed by atoms with van der Waals surface area (Å²) in [5.41, 5.74) is -0.213. The van der Waals surface area contributed by atoms with Gasteiger partial charge in [0.25, 0.3) is 20.2 Å². The lowest BCUT2D eigenvalue weighted by molar-refractivity contribution is -0.114. The van der Waals surface area contributed by atoms with E-state index in [1.165, 1.54) is 0 Å². The summed E-state index contributed by atoms with van der Waals surface area (Å²) in [5.74, 6) is -1.47. The van der Waals surface area contributed by atoms with Crippen molar-refractivity contribution in [3.05, 3.63) is 24.3 Å². The van der Waals surface area contributed by atoms with Gasteiger partial charge in [0.05, 0.1) is 20.9 Å². The average Bonchev–Trinajstić information content (AvgIpc) is 2.34.